The van der Waals surface area contributed by atoms with Gasteiger partial charge in [-0.2, -0.15) is 0 Å². The minimum absolute atomic E-state index is 0.0488. The molecule has 0 unspecified atom stereocenters. The smallest absolute Gasteiger partial charge is 0.270 e. The molecule has 1 fully saturated rings. The van der Waals surface area contributed by atoms with Crippen molar-refractivity contribution in [2.45, 2.75) is 12.8 Å². The van der Waals surface area contributed by atoms with E-state index in [1.807, 2.05) is 0 Å². The lowest BCUT2D eigenvalue weighted by atomic mass is 10.2. The molecule has 0 bridgehead atoms. The number of hydrogen-bond acceptors (Lipinski definition) is 3. The Morgan fingerprint density at radius 1 is 1.19 bits per heavy atom. The number of benzene rings is 1. The first-order valence-electron chi connectivity index (χ1n) is 8.79. The van der Waals surface area contributed by atoms with Gasteiger partial charge in [0, 0.05) is 37.6 Å². The van der Waals surface area contributed by atoms with Gasteiger partial charge in [0.05, 0.1) is 5.69 Å². The van der Waals surface area contributed by atoms with E-state index in [-0.39, 0.29) is 17.7 Å². The second-order valence-electron chi connectivity index (χ2n) is 6.40. The molecular weight excluding hydrogens is 344 g/mol. The number of anilines is 2. The zero-order chi connectivity index (χ0) is 19.4. The van der Waals surface area contributed by atoms with Crippen molar-refractivity contribution in [3.05, 3.63) is 60.4 Å². The third-order valence-electron chi connectivity index (χ3n) is 4.59. The molecule has 7 nitrogen and oxygen atoms in total. The van der Waals surface area contributed by atoms with E-state index >= 15 is 0 Å². The molecule has 0 radical (unpaired) electrons. The standard InChI is InChI=1S/C20H22N4O3/c1-3-18(25)23(2)16-8-6-14(7-9-16)19(26)22-15-12-17(21-13-15)20(27)24-10-4-5-11-24/h3,6-9,12-13,21H,1,4-5,10-11H2,2H3,(H,22,26). The van der Waals surface area contributed by atoms with Crippen LogP contribution in [0.1, 0.15) is 33.7 Å². The summed E-state index contributed by atoms with van der Waals surface area (Å²) in [5, 5.41) is 2.77. The summed E-state index contributed by atoms with van der Waals surface area (Å²) in [4.78, 5) is 42.5. The molecule has 2 aromatic rings. The molecule has 1 aliphatic rings. The Hall–Kier alpha value is -3.35. The van der Waals surface area contributed by atoms with E-state index in [0.29, 0.717) is 22.6 Å². The summed E-state index contributed by atoms with van der Waals surface area (Å²) in [5.74, 6) is -0.569. The first-order valence-corrected chi connectivity index (χ1v) is 8.79. The predicted octanol–water partition coefficient (Wildman–Crippen LogP) is 2.65. The molecule has 2 heterocycles. The maximum atomic E-state index is 12.4. The fourth-order valence-electron chi connectivity index (χ4n) is 2.98. The maximum absolute atomic E-state index is 12.4. The van der Waals surface area contributed by atoms with Crippen molar-refractivity contribution in [3.63, 3.8) is 0 Å². The van der Waals surface area contributed by atoms with Crippen molar-refractivity contribution in [2.75, 3.05) is 30.4 Å². The van der Waals surface area contributed by atoms with Gasteiger partial charge in [0.15, 0.2) is 0 Å². The van der Waals surface area contributed by atoms with Crippen LogP contribution < -0.4 is 10.2 Å². The number of nitrogens with one attached hydrogen (secondary N) is 2. The first kappa shape index (κ1) is 18.4. The topological polar surface area (TPSA) is 85.5 Å². The highest BCUT2D eigenvalue weighted by molar-refractivity contribution is 6.06. The first-order chi connectivity index (χ1) is 13.0. The summed E-state index contributed by atoms with van der Waals surface area (Å²) in [7, 11) is 1.64. The number of aromatic nitrogens is 1. The van der Waals surface area contributed by atoms with Crippen molar-refractivity contribution in [1.29, 1.82) is 0 Å². The number of carbonyl (C=O) groups is 3. The van der Waals surface area contributed by atoms with E-state index in [1.54, 1.807) is 48.5 Å². The van der Waals surface area contributed by atoms with Gasteiger partial charge in [-0.05, 0) is 49.2 Å². The number of aromatic amines is 1. The third kappa shape index (κ3) is 4.08. The summed E-state index contributed by atoms with van der Waals surface area (Å²) >= 11 is 0. The van der Waals surface area contributed by atoms with Crippen LogP contribution in [0.3, 0.4) is 0 Å². The molecule has 2 N–H and O–H groups in total. The van der Waals surface area contributed by atoms with Crippen LogP contribution >= 0.6 is 0 Å². The molecule has 0 saturated carbocycles. The average molecular weight is 366 g/mol. The van der Waals surface area contributed by atoms with E-state index in [0.717, 1.165) is 25.9 Å². The summed E-state index contributed by atoms with van der Waals surface area (Å²) < 4.78 is 0. The number of likely N-dealkylation sites (tertiary alicyclic amines) is 1. The number of carbonyl (C=O) groups excluding carboxylic acids is 3. The monoisotopic (exact) mass is 366 g/mol. The summed E-state index contributed by atoms with van der Waals surface area (Å²) in [6.45, 7) is 5.00. The van der Waals surface area contributed by atoms with Crippen LogP contribution in [0, 0.1) is 0 Å². The van der Waals surface area contributed by atoms with Gasteiger partial charge in [0.1, 0.15) is 5.69 Å². The molecule has 1 saturated heterocycles. The third-order valence-corrected chi connectivity index (χ3v) is 4.59. The van der Waals surface area contributed by atoms with Crippen LogP contribution in [0.4, 0.5) is 11.4 Å². The lowest BCUT2D eigenvalue weighted by Gasteiger charge is -2.15. The van der Waals surface area contributed by atoms with E-state index in [1.165, 1.54) is 11.0 Å². The summed E-state index contributed by atoms with van der Waals surface area (Å²) in [6.07, 6.45) is 4.89. The molecule has 0 spiro atoms. The van der Waals surface area contributed by atoms with Crippen LogP contribution in [-0.2, 0) is 4.79 Å². The highest BCUT2D eigenvalue weighted by Crippen LogP contribution is 2.18. The van der Waals surface area contributed by atoms with Crippen LogP contribution in [0.25, 0.3) is 0 Å². The van der Waals surface area contributed by atoms with Gasteiger partial charge >= 0.3 is 0 Å². The zero-order valence-corrected chi connectivity index (χ0v) is 15.2. The van der Waals surface area contributed by atoms with Gasteiger partial charge < -0.3 is 20.1 Å². The second-order valence-corrected chi connectivity index (χ2v) is 6.40. The van der Waals surface area contributed by atoms with Crippen molar-refractivity contribution in [2.24, 2.45) is 0 Å². The van der Waals surface area contributed by atoms with Gasteiger partial charge in [-0.1, -0.05) is 6.58 Å². The second kappa shape index (κ2) is 7.90. The Bertz CT molecular complexity index is 864. The summed E-state index contributed by atoms with van der Waals surface area (Å²) in [5.41, 5.74) is 2.11. The van der Waals surface area contributed by atoms with Crippen LogP contribution in [0.15, 0.2) is 49.2 Å². The number of nitrogens with zero attached hydrogens (tertiary/aromatic N) is 2. The molecule has 27 heavy (non-hydrogen) atoms. The van der Waals surface area contributed by atoms with Crippen molar-refractivity contribution in [1.82, 2.24) is 9.88 Å². The molecular formula is C20H22N4O3. The number of likely N-dealkylation sites (N-methyl/N-ethyl adjacent to an activating group) is 1. The van der Waals surface area contributed by atoms with E-state index in [9.17, 15) is 14.4 Å². The average Bonchev–Trinajstić information content (AvgIpc) is 3.38. The van der Waals surface area contributed by atoms with Gasteiger partial charge in [-0.15, -0.1) is 0 Å². The quantitative estimate of drug-likeness (QED) is 0.798. The highest BCUT2D eigenvalue weighted by atomic mass is 16.2. The fourth-order valence-corrected chi connectivity index (χ4v) is 2.98. The van der Waals surface area contributed by atoms with Crippen molar-refractivity contribution < 1.29 is 14.4 Å². The predicted molar refractivity (Wildman–Crippen MR) is 104 cm³/mol. The van der Waals surface area contributed by atoms with Crippen LogP contribution in [0.2, 0.25) is 0 Å². The van der Waals surface area contributed by atoms with Crippen molar-refractivity contribution in [3.8, 4) is 0 Å². The zero-order valence-electron chi connectivity index (χ0n) is 15.2. The van der Waals surface area contributed by atoms with Gasteiger partial charge in [0.25, 0.3) is 11.8 Å². The molecule has 1 aliphatic heterocycles. The Kier molecular flexibility index (Phi) is 5.40. The van der Waals surface area contributed by atoms with Gasteiger partial charge in [-0.3, -0.25) is 14.4 Å². The van der Waals surface area contributed by atoms with E-state index in [2.05, 4.69) is 16.9 Å². The fraction of sp³-hybridized carbons (Fsp3) is 0.250. The van der Waals surface area contributed by atoms with Crippen molar-refractivity contribution >= 4 is 29.1 Å². The largest absolute Gasteiger partial charge is 0.355 e. The number of hydrogen-bond donors (Lipinski definition) is 2. The minimum atomic E-state index is -0.293. The Balaban J connectivity index is 1.64. The molecule has 0 atom stereocenters. The highest BCUT2D eigenvalue weighted by Gasteiger charge is 2.21. The molecule has 1 aromatic carbocycles. The Morgan fingerprint density at radius 3 is 2.48 bits per heavy atom. The molecule has 1 aromatic heterocycles. The van der Waals surface area contributed by atoms with Gasteiger partial charge in [0.2, 0.25) is 5.91 Å². The van der Waals surface area contributed by atoms with Gasteiger partial charge in [-0.25, -0.2) is 0 Å². The minimum Gasteiger partial charge on any atom is -0.355 e. The number of rotatable bonds is 5. The molecule has 3 rings (SSSR count). The van der Waals surface area contributed by atoms with Crippen LogP contribution in [0.5, 0.6) is 0 Å². The maximum Gasteiger partial charge on any atom is 0.270 e. The lowest BCUT2D eigenvalue weighted by molar-refractivity contribution is -0.113. The summed E-state index contributed by atoms with van der Waals surface area (Å²) in [6, 6.07) is 8.30. The molecule has 7 heteroatoms. The Morgan fingerprint density at radius 2 is 1.85 bits per heavy atom. The van der Waals surface area contributed by atoms with E-state index < -0.39 is 0 Å². The SMILES string of the molecule is C=CC(=O)N(C)c1ccc(C(=O)Nc2c[nH]c(C(=O)N3CCCC3)c2)cc1. The Labute approximate surface area is 157 Å². The molecule has 0 aliphatic carbocycles. The normalized spacial score (nSPS) is 13.3. The molecule has 3 amide bonds. The van der Waals surface area contributed by atoms with Crippen LogP contribution in [-0.4, -0.2) is 47.7 Å². The number of H-pyrrole nitrogens is 1. The number of amides is 3. The lowest BCUT2D eigenvalue weighted by Crippen LogP contribution is -2.27. The van der Waals surface area contributed by atoms with E-state index in [4.69, 9.17) is 0 Å². The molecule has 140 valence electrons.